The van der Waals surface area contributed by atoms with Crippen molar-refractivity contribution in [2.75, 3.05) is 26.2 Å². The van der Waals surface area contributed by atoms with E-state index in [0.29, 0.717) is 37.7 Å². The van der Waals surface area contributed by atoms with Gasteiger partial charge in [-0.2, -0.15) is 0 Å². The first kappa shape index (κ1) is 16.5. The molecule has 1 aliphatic rings. The Balaban J connectivity index is 1.96. The maximum Gasteiger partial charge on any atom is 0.253 e. The van der Waals surface area contributed by atoms with E-state index in [9.17, 15) is 14.7 Å². The maximum absolute atomic E-state index is 12.5. The van der Waals surface area contributed by atoms with Gasteiger partial charge in [0, 0.05) is 31.7 Å². The van der Waals surface area contributed by atoms with Gasteiger partial charge < -0.3 is 14.9 Å². The number of benzene rings is 1. The lowest BCUT2D eigenvalue weighted by molar-refractivity contribution is -0.140. The van der Waals surface area contributed by atoms with Crippen LogP contribution in [0.3, 0.4) is 0 Å². The smallest absolute Gasteiger partial charge is 0.253 e. The maximum atomic E-state index is 12.5. The van der Waals surface area contributed by atoms with Crippen molar-refractivity contribution < 1.29 is 14.7 Å². The molecule has 0 bridgehead atoms. The second-order valence-electron chi connectivity index (χ2n) is 6.07. The summed E-state index contributed by atoms with van der Waals surface area (Å²) >= 11 is 0. The molecule has 1 aliphatic heterocycles. The molecule has 0 aromatic heterocycles. The predicted molar refractivity (Wildman–Crippen MR) is 84.7 cm³/mol. The van der Waals surface area contributed by atoms with Crippen molar-refractivity contribution in [2.45, 2.75) is 32.8 Å². The molecule has 120 valence electrons. The summed E-state index contributed by atoms with van der Waals surface area (Å²) < 4.78 is 0. The SMILES string of the molecule is CC(O)C(=O)N1CCN(C(=O)c2ccc(C(C)C)cc2)CC1. The van der Waals surface area contributed by atoms with E-state index in [4.69, 9.17) is 0 Å². The Morgan fingerprint density at radius 3 is 1.91 bits per heavy atom. The largest absolute Gasteiger partial charge is 0.384 e. The van der Waals surface area contributed by atoms with Gasteiger partial charge >= 0.3 is 0 Å². The molecule has 22 heavy (non-hydrogen) atoms. The summed E-state index contributed by atoms with van der Waals surface area (Å²) in [5.74, 6) is 0.173. The van der Waals surface area contributed by atoms with Crippen molar-refractivity contribution in [3.05, 3.63) is 35.4 Å². The van der Waals surface area contributed by atoms with Crippen molar-refractivity contribution in [3.63, 3.8) is 0 Å². The minimum absolute atomic E-state index is 0.000507. The molecule has 0 aliphatic carbocycles. The Kier molecular flexibility index (Phi) is 5.19. The highest BCUT2D eigenvalue weighted by Crippen LogP contribution is 2.16. The van der Waals surface area contributed by atoms with Crippen molar-refractivity contribution in [1.82, 2.24) is 9.80 Å². The van der Waals surface area contributed by atoms with Crippen molar-refractivity contribution in [3.8, 4) is 0 Å². The molecule has 5 heteroatoms. The van der Waals surface area contributed by atoms with Crippen LogP contribution in [0.5, 0.6) is 0 Å². The molecule has 0 radical (unpaired) electrons. The van der Waals surface area contributed by atoms with E-state index in [2.05, 4.69) is 13.8 Å². The summed E-state index contributed by atoms with van der Waals surface area (Å²) in [5, 5.41) is 9.33. The lowest BCUT2D eigenvalue weighted by atomic mass is 10.0. The fourth-order valence-corrected chi connectivity index (χ4v) is 2.59. The fourth-order valence-electron chi connectivity index (χ4n) is 2.59. The van der Waals surface area contributed by atoms with E-state index >= 15 is 0 Å². The van der Waals surface area contributed by atoms with Crippen molar-refractivity contribution >= 4 is 11.8 Å². The monoisotopic (exact) mass is 304 g/mol. The van der Waals surface area contributed by atoms with Gasteiger partial charge in [-0.15, -0.1) is 0 Å². The summed E-state index contributed by atoms with van der Waals surface area (Å²) in [7, 11) is 0. The molecular formula is C17H24N2O3. The summed E-state index contributed by atoms with van der Waals surface area (Å²) in [5.41, 5.74) is 1.89. The molecule has 1 saturated heterocycles. The van der Waals surface area contributed by atoms with E-state index in [0.717, 1.165) is 0 Å². The molecule has 1 heterocycles. The van der Waals surface area contributed by atoms with E-state index in [1.54, 1.807) is 9.80 Å². The fraction of sp³-hybridized carbons (Fsp3) is 0.529. The van der Waals surface area contributed by atoms with Crippen LogP contribution in [0.1, 0.15) is 42.6 Å². The number of nitrogens with zero attached hydrogens (tertiary/aromatic N) is 2. The molecule has 2 rings (SSSR count). The van der Waals surface area contributed by atoms with Gasteiger partial charge in [0.1, 0.15) is 6.10 Å². The van der Waals surface area contributed by atoms with Crippen LogP contribution in [0.25, 0.3) is 0 Å². The number of aliphatic hydroxyl groups excluding tert-OH is 1. The van der Waals surface area contributed by atoms with Crippen LogP contribution in [0.15, 0.2) is 24.3 Å². The minimum Gasteiger partial charge on any atom is -0.384 e. The highest BCUT2D eigenvalue weighted by molar-refractivity contribution is 5.94. The molecule has 2 amide bonds. The van der Waals surface area contributed by atoms with E-state index in [1.165, 1.54) is 12.5 Å². The molecule has 1 aromatic carbocycles. The van der Waals surface area contributed by atoms with Crippen molar-refractivity contribution in [2.24, 2.45) is 0 Å². The standard InChI is InChI=1S/C17H24N2O3/c1-12(2)14-4-6-15(7-5-14)17(22)19-10-8-18(9-11-19)16(21)13(3)20/h4-7,12-13,20H,8-11H2,1-3H3. The van der Waals surface area contributed by atoms with Crippen LogP contribution >= 0.6 is 0 Å². The Labute approximate surface area is 131 Å². The average Bonchev–Trinajstić information content (AvgIpc) is 2.53. The van der Waals surface area contributed by atoms with Gasteiger partial charge in [-0.3, -0.25) is 9.59 Å². The van der Waals surface area contributed by atoms with Gasteiger partial charge in [-0.05, 0) is 30.5 Å². The first-order valence-electron chi connectivity index (χ1n) is 7.76. The Bertz CT molecular complexity index is 529. The predicted octanol–water partition coefficient (Wildman–Crippen LogP) is 1.48. The number of aliphatic hydroxyl groups is 1. The molecule has 5 nitrogen and oxygen atoms in total. The zero-order valence-electron chi connectivity index (χ0n) is 13.5. The highest BCUT2D eigenvalue weighted by atomic mass is 16.3. The van der Waals surface area contributed by atoms with Crippen LogP contribution in [0.4, 0.5) is 0 Å². The number of hydrogen-bond acceptors (Lipinski definition) is 3. The highest BCUT2D eigenvalue weighted by Gasteiger charge is 2.26. The first-order valence-corrected chi connectivity index (χ1v) is 7.76. The molecular weight excluding hydrogens is 280 g/mol. The molecule has 0 saturated carbocycles. The Morgan fingerprint density at radius 2 is 1.45 bits per heavy atom. The van der Waals surface area contributed by atoms with Gasteiger partial charge in [0.2, 0.25) is 0 Å². The minimum atomic E-state index is -0.981. The van der Waals surface area contributed by atoms with Crippen LogP contribution in [0.2, 0.25) is 0 Å². The van der Waals surface area contributed by atoms with Crippen LogP contribution in [-0.2, 0) is 4.79 Å². The third kappa shape index (κ3) is 3.65. The summed E-state index contributed by atoms with van der Waals surface area (Å²) in [6.07, 6.45) is -0.981. The molecule has 1 aromatic rings. The van der Waals surface area contributed by atoms with Gasteiger partial charge in [0.05, 0.1) is 0 Å². The summed E-state index contributed by atoms with van der Waals surface area (Å²) in [6, 6.07) is 7.71. The molecule has 1 unspecified atom stereocenters. The molecule has 0 spiro atoms. The van der Waals surface area contributed by atoms with Gasteiger partial charge in [0.15, 0.2) is 0 Å². The Morgan fingerprint density at radius 1 is 0.955 bits per heavy atom. The normalized spacial score (nSPS) is 16.8. The number of rotatable bonds is 3. The number of hydrogen-bond donors (Lipinski definition) is 1. The second-order valence-corrected chi connectivity index (χ2v) is 6.07. The van der Waals surface area contributed by atoms with Crippen molar-refractivity contribution in [1.29, 1.82) is 0 Å². The molecule has 1 fully saturated rings. The summed E-state index contributed by atoms with van der Waals surface area (Å²) in [4.78, 5) is 27.6. The van der Waals surface area contributed by atoms with Gasteiger partial charge in [-0.1, -0.05) is 26.0 Å². The third-order valence-corrected chi connectivity index (χ3v) is 4.06. The first-order chi connectivity index (χ1) is 10.4. The number of carbonyl (C=O) groups excluding carboxylic acids is 2. The quantitative estimate of drug-likeness (QED) is 0.920. The number of piperazine rings is 1. The van der Waals surface area contributed by atoms with Crippen LogP contribution in [-0.4, -0.2) is 59.0 Å². The lowest BCUT2D eigenvalue weighted by Gasteiger charge is -2.35. The van der Waals surface area contributed by atoms with Gasteiger partial charge in [0.25, 0.3) is 11.8 Å². The zero-order chi connectivity index (χ0) is 16.3. The van der Waals surface area contributed by atoms with E-state index in [-0.39, 0.29) is 11.8 Å². The second kappa shape index (κ2) is 6.92. The molecule has 1 atom stereocenters. The van der Waals surface area contributed by atoms with Crippen LogP contribution in [0, 0.1) is 0 Å². The van der Waals surface area contributed by atoms with Crippen LogP contribution < -0.4 is 0 Å². The zero-order valence-corrected chi connectivity index (χ0v) is 13.5. The Hall–Kier alpha value is -1.88. The molecule has 1 N–H and O–H groups in total. The third-order valence-electron chi connectivity index (χ3n) is 4.06. The van der Waals surface area contributed by atoms with E-state index < -0.39 is 6.10 Å². The lowest BCUT2D eigenvalue weighted by Crippen LogP contribution is -2.52. The van der Waals surface area contributed by atoms with E-state index in [1.807, 2.05) is 24.3 Å². The average molecular weight is 304 g/mol. The topological polar surface area (TPSA) is 60.9 Å². The number of carbonyl (C=O) groups is 2. The van der Waals surface area contributed by atoms with Gasteiger partial charge in [-0.25, -0.2) is 0 Å². The number of amides is 2. The summed E-state index contributed by atoms with van der Waals surface area (Å²) in [6.45, 7) is 7.66.